The number of aromatic nitrogens is 1. The van der Waals surface area contributed by atoms with Crippen molar-refractivity contribution in [2.45, 2.75) is 18.8 Å². The molecular weight excluding hydrogens is 474 g/mol. The molecule has 184 valence electrons. The summed E-state index contributed by atoms with van der Waals surface area (Å²) in [6, 6.07) is 28.5. The summed E-state index contributed by atoms with van der Waals surface area (Å²) in [4.78, 5) is 30.3. The summed E-state index contributed by atoms with van der Waals surface area (Å²) in [5.41, 5.74) is 12.9. The molecule has 1 aromatic heterocycles. The highest BCUT2D eigenvalue weighted by Gasteiger charge is 2.43. The number of carbonyl (C=O) groups is 2. The smallest absolute Gasteiger partial charge is 0.251 e. The van der Waals surface area contributed by atoms with E-state index in [1.807, 2.05) is 91.0 Å². The molecule has 0 fully saturated rings. The normalized spacial score (nSPS) is 16.7. The van der Waals surface area contributed by atoms with Crippen LogP contribution in [-0.2, 0) is 11.3 Å². The number of pyridine rings is 1. The molecule has 3 heterocycles. The highest BCUT2D eigenvalue weighted by Crippen LogP contribution is 2.54. The van der Waals surface area contributed by atoms with E-state index in [-0.39, 0.29) is 23.9 Å². The molecule has 1 amide bonds. The Hall–Kier alpha value is -4.81. The zero-order chi connectivity index (χ0) is 25.8. The largest absolute Gasteiger partial charge is 0.383 e. The molecule has 0 saturated carbocycles. The van der Waals surface area contributed by atoms with Crippen LogP contribution < -0.4 is 11.1 Å². The Labute approximate surface area is 219 Å². The highest BCUT2D eigenvalue weighted by molar-refractivity contribution is 6.09. The maximum Gasteiger partial charge on any atom is 0.251 e. The first-order chi connectivity index (χ1) is 18.6. The number of hydrogen-bond donors (Lipinski definition) is 2. The number of rotatable bonds is 5. The molecule has 5 aromatic rings. The summed E-state index contributed by atoms with van der Waals surface area (Å²) in [6.07, 6.45) is 1.20. The van der Waals surface area contributed by atoms with Crippen LogP contribution in [0.2, 0.25) is 0 Å². The predicted molar refractivity (Wildman–Crippen MR) is 145 cm³/mol. The fraction of sp³-hybridized carbons (Fsp3) is 0.0938. The second kappa shape index (κ2) is 8.64. The van der Waals surface area contributed by atoms with E-state index in [2.05, 4.69) is 10.3 Å². The quantitative estimate of drug-likeness (QED) is 0.313. The molecule has 7 rings (SSSR count). The highest BCUT2D eigenvalue weighted by atomic mass is 16.5. The molecule has 0 radical (unpaired) electrons. The van der Waals surface area contributed by atoms with Crippen LogP contribution in [0.3, 0.4) is 0 Å². The first-order valence-corrected chi connectivity index (χ1v) is 12.5. The van der Waals surface area contributed by atoms with Gasteiger partial charge >= 0.3 is 0 Å². The average molecular weight is 498 g/mol. The number of fused-ring (bicyclic) bond motifs is 9. The van der Waals surface area contributed by atoms with Crippen molar-refractivity contribution in [2.24, 2.45) is 0 Å². The topological polar surface area (TPSA) is 94.3 Å². The molecular formula is C32H23N3O3. The molecule has 6 nitrogen and oxygen atoms in total. The number of anilines is 1. The number of nitrogens with zero attached hydrogens (tertiary/aromatic N) is 1. The number of nitrogens with two attached hydrogens (primary N) is 1. The van der Waals surface area contributed by atoms with Gasteiger partial charge in [-0.3, -0.25) is 9.59 Å². The zero-order valence-electron chi connectivity index (χ0n) is 20.3. The molecule has 38 heavy (non-hydrogen) atoms. The molecule has 2 bridgehead atoms. The van der Waals surface area contributed by atoms with E-state index < -0.39 is 0 Å². The zero-order valence-corrected chi connectivity index (χ0v) is 20.3. The molecule has 6 heteroatoms. The van der Waals surface area contributed by atoms with Gasteiger partial charge in [-0.1, -0.05) is 66.7 Å². The van der Waals surface area contributed by atoms with E-state index in [4.69, 9.17) is 10.5 Å². The minimum absolute atomic E-state index is 0.0181. The third-order valence-electron chi connectivity index (χ3n) is 7.50. The van der Waals surface area contributed by atoms with E-state index in [0.29, 0.717) is 29.1 Å². The van der Waals surface area contributed by atoms with Crippen LogP contribution in [-0.4, -0.2) is 16.7 Å². The monoisotopic (exact) mass is 497 g/mol. The predicted octanol–water partition coefficient (Wildman–Crippen LogP) is 5.50. The Morgan fingerprint density at radius 2 is 1.45 bits per heavy atom. The number of ketones is 1. The lowest BCUT2D eigenvalue weighted by atomic mass is 9.83. The summed E-state index contributed by atoms with van der Waals surface area (Å²) in [7, 11) is 0. The maximum absolute atomic E-state index is 13.1. The Kier molecular flexibility index (Phi) is 5.09. The second-order valence-corrected chi connectivity index (χ2v) is 9.67. The molecule has 0 unspecified atom stereocenters. The lowest BCUT2D eigenvalue weighted by molar-refractivity contribution is 0.0857. The lowest BCUT2D eigenvalue weighted by Gasteiger charge is -2.17. The summed E-state index contributed by atoms with van der Waals surface area (Å²) in [6.45, 7) is 0.368. The molecule has 2 aliphatic rings. The van der Waals surface area contributed by atoms with Crippen molar-refractivity contribution in [2.75, 3.05) is 5.73 Å². The average Bonchev–Trinajstić information content (AvgIpc) is 3.53. The molecule has 2 aliphatic heterocycles. The van der Waals surface area contributed by atoms with Gasteiger partial charge < -0.3 is 15.8 Å². The van der Waals surface area contributed by atoms with Crippen molar-refractivity contribution in [3.8, 4) is 0 Å². The van der Waals surface area contributed by atoms with Crippen LogP contribution in [0, 0.1) is 0 Å². The van der Waals surface area contributed by atoms with Gasteiger partial charge in [-0.15, -0.1) is 0 Å². The van der Waals surface area contributed by atoms with E-state index in [0.717, 1.165) is 38.6 Å². The number of nitrogen functional groups attached to an aromatic ring is 1. The molecule has 3 N–H and O–H groups in total. The molecule has 0 saturated heterocycles. The van der Waals surface area contributed by atoms with Gasteiger partial charge in [-0.05, 0) is 57.5 Å². The van der Waals surface area contributed by atoms with E-state index >= 15 is 0 Å². The number of benzene rings is 4. The lowest BCUT2D eigenvalue weighted by Crippen LogP contribution is -2.23. The molecule has 0 aliphatic carbocycles. The van der Waals surface area contributed by atoms with Crippen molar-refractivity contribution >= 4 is 28.3 Å². The molecule has 2 atom stereocenters. The van der Waals surface area contributed by atoms with E-state index in [9.17, 15) is 9.59 Å². The first kappa shape index (κ1) is 22.4. The Bertz CT molecular complexity index is 1760. The first-order valence-electron chi connectivity index (χ1n) is 12.5. The maximum atomic E-state index is 13.1. The van der Waals surface area contributed by atoms with Crippen molar-refractivity contribution in [3.05, 3.63) is 142 Å². The Morgan fingerprint density at radius 1 is 0.737 bits per heavy atom. The summed E-state index contributed by atoms with van der Waals surface area (Å²) < 4.78 is 6.32. The number of hydrogen-bond acceptors (Lipinski definition) is 5. The number of amides is 1. The van der Waals surface area contributed by atoms with Crippen LogP contribution in [0.25, 0.3) is 10.8 Å². The second-order valence-electron chi connectivity index (χ2n) is 9.67. The van der Waals surface area contributed by atoms with E-state index in [1.54, 1.807) is 6.20 Å². The SMILES string of the molecule is Nc1nccc2c(CNC(=O)c3ccc4c(c3)[C@@H]3O[C@H]4c4ccc(C(=O)c5ccccc5)cc43)cccc12. The summed E-state index contributed by atoms with van der Waals surface area (Å²) in [5.74, 6) is 0.289. The summed E-state index contributed by atoms with van der Waals surface area (Å²) >= 11 is 0. The van der Waals surface area contributed by atoms with Gasteiger partial charge in [0.15, 0.2) is 5.78 Å². The van der Waals surface area contributed by atoms with Crippen molar-refractivity contribution in [3.63, 3.8) is 0 Å². The van der Waals surface area contributed by atoms with Crippen molar-refractivity contribution in [1.82, 2.24) is 10.3 Å². The van der Waals surface area contributed by atoms with Crippen LogP contribution in [0.5, 0.6) is 0 Å². The Morgan fingerprint density at radius 3 is 2.24 bits per heavy atom. The van der Waals surface area contributed by atoms with Crippen molar-refractivity contribution < 1.29 is 14.3 Å². The van der Waals surface area contributed by atoms with Crippen LogP contribution in [0.15, 0.2) is 97.2 Å². The van der Waals surface area contributed by atoms with Gasteiger partial charge in [0, 0.05) is 34.8 Å². The van der Waals surface area contributed by atoms with Crippen LogP contribution in [0.4, 0.5) is 5.82 Å². The fourth-order valence-electron chi connectivity index (χ4n) is 5.61. The number of ether oxygens (including phenoxy) is 1. The minimum Gasteiger partial charge on any atom is -0.383 e. The van der Waals surface area contributed by atoms with Gasteiger partial charge in [0.1, 0.15) is 18.0 Å². The summed E-state index contributed by atoms with van der Waals surface area (Å²) in [5, 5.41) is 4.88. The van der Waals surface area contributed by atoms with Gasteiger partial charge in [0.25, 0.3) is 5.91 Å². The standard InChI is InChI=1S/C32H23N3O3/c33-31-25-8-4-7-21(22(25)13-14-34-31)17-35-32(37)20-10-12-24-27(16-20)30-26-15-19(9-11-23(26)29(24)38-30)28(36)18-5-2-1-3-6-18/h1-16,29-30H,17H2,(H2,33,34)(H,35,37)/t29-,30+/m0/s1. The van der Waals surface area contributed by atoms with Crippen molar-refractivity contribution in [1.29, 1.82) is 0 Å². The van der Waals surface area contributed by atoms with Gasteiger partial charge in [-0.2, -0.15) is 0 Å². The molecule has 4 aromatic carbocycles. The third kappa shape index (κ3) is 3.49. The molecule has 0 spiro atoms. The van der Waals surface area contributed by atoms with Crippen LogP contribution in [0.1, 0.15) is 66.3 Å². The van der Waals surface area contributed by atoms with Crippen LogP contribution >= 0.6 is 0 Å². The third-order valence-corrected chi connectivity index (χ3v) is 7.50. The fourth-order valence-corrected chi connectivity index (χ4v) is 5.61. The van der Waals surface area contributed by atoms with E-state index in [1.165, 1.54) is 0 Å². The Balaban J connectivity index is 1.14. The minimum atomic E-state index is -0.296. The van der Waals surface area contributed by atoms with Gasteiger partial charge in [0.2, 0.25) is 0 Å². The van der Waals surface area contributed by atoms with Gasteiger partial charge in [0.05, 0.1) is 0 Å². The number of nitrogens with one attached hydrogen (secondary N) is 1. The number of carbonyl (C=O) groups excluding carboxylic acids is 2. The van der Waals surface area contributed by atoms with Gasteiger partial charge in [-0.25, -0.2) is 4.98 Å².